The van der Waals surface area contributed by atoms with Crippen molar-refractivity contribution in [2.24, 2.45) is 5.92 Å². The van der Waals surface area contributed by atoms with E-state index in [1.54, 1.807) is 0 Å². The molecule has 0 unspecified atom stereocenters. The monoisotopic (exact) mass is 113 g/mol. The topological polar surface area (TPSA) is 17.1 Å². The van der Waals surface area contributed by atoms with E-state index in [0.717, 1.165) is 12.8 Å². The second-order valence-electron chi connectivity index (χ2n) is 2.16. The molecule has 0 saturated carbocycles. The molecule has 0 aliphatic rings. The van der Waals surface area contributed by atoms with Gasteiger partial charge in [-0.05, 0) is 6.42 Å². The highest BCUT2D eigenvalue weighted by Gasteiger charge is 1.96. The standard InChI is InChI=1S/C7H13O/c1-3-4-5-7(2)6-8/h7H,3-5H2,1-2H3/t7-/m0/s1. The molecule has 8 heavy (non-hydrogen) atoms. The van der Waals surface area contributed by atoms with Crippen LogP contribution < -0.4 is 0 Å². The summed E-state index contributed by atoms with van der Waals surface area (Å²) in [4.78, 5) is 9.89. The van der Waals surface area contributed by atoms with E-state index < -0.39 is 0 Å². The van der Waals surface area contributed by atoms with Gasteiger partial charge in [-0.2, -0.15) is 0 Å². The molecule has 0 aromatic carbocycles. The van der Waals surface area contributed by atoms with Crippen LogP contribution >= 0.6 is 0 Å². The van der Waals surface area contributed by atoms with Gasteiger partial charge in [-0.3, -0.25) is 4.79 Å². The molecule has 0 aromatic rings. The van der Waals surface area contributed by atoms with Crippen molar-refractivity contribution in [3.05, 3.63) is 0 Å². The van der Waals surface area contributed by atoms with Gasteiger partial charge in [0.25, 0.3) is 0 Å². The Morgan fingerprint density at radius 3 is 2.62 bits per heavy atom. The predicted molar refractivity (Wildman–Crippen MR) is 34.4 cm³/mol. The van der Waals surface area contributed by atoms with Crippen molar-refractivity contribution in [1.82, 2.24) is 0 Å². The SMILES string of the molecule is CCCC[C@H](C)[C]=O. The zero-order chi connectivity index (χ0) is 6.41. The Morgan fingerprint density at radius 2 is 2.25 bits per heavy atom. The maximum atomic E-state index is 9.89. The molecule has 0 heterocycles. The average molecular weight is 113 g/mol. The van der Waals surface area contributed by atoms with Crippen LogP contribution in [0.4, 0.5) is 0 Å². The van der Waals surface area contributed by atoms with E-state index in [2.05, 4.69) is 6.92 Å². The lowest BCUT2D eigenvalue weighted by molar-refractivity contribution is 0.512. The van der Waals surface area contributed by atoms with Crippen molar-refractivity contribution in [2.45, 2.75) is 33.1 Å². The molecule has 0 N–H and O–H groups in total. The van der Waals surface area contributed by atoms with Crippen molar-refractivity contribution in [2.75, 3.05) is 0 Å². The van der Waals surface area contributed by atoms with Crippen LogP contribution in [-0.4, -0.2) is 6.29 Å². The fourth-order valence-electron chi connectivity index (χ4n) is 0.569. The van der Waals surface area contributed by atoms with Crippen LogP contribution in [0.15, 0.2) is 0 Å². The number of hydrogen-bond acceptors (Lipinski definition) is 1. The minimum absolute atomic E-state index is 0.148. The largest absolute Gasteiger partial charge is 0.291 e. The second-order valence-corrected chi connectivity index (χ2v) is 2.16. The van der Waals surface area contributed by atoms with Crippen LogP contribution in [-0.2, 0) is 4.79 Å². The van der Waals surface area contributed by atoms with Crippen molar-refractivity contribution in [3.63, 3.8) is 0 Å². The van der Waals surface area contributed by atoms with Crippen molar-refractivity contribution in [1.29, 1.82) is 0 Å². The van der Waals surface area contributed by atoms with E-state index in [0.29, 0.717) is 0 Å². The molecule has 1 radical (unpaired) electrons. The quantitative estimate of drug-likeness (QED) is 0.544. The highest BCUT2D eigenvalue weighted by Crippen LogP contribution is 2.03. The smallest absolute Gasteiger partial charge is 0.201 e. The van der Waals surface area contributed by atoms with Crippen LogP contribution in [0.2, 0.25) is 0 Å². The fraction of sp³-hybridized carbons (Fsp3) is 0.857. The maximum Gasteiger partial charge on any atom is 0.201 e. The molecule has 1 atom stereocenters. The van der Waals surface area contributed by atoms with Crippen molar-refractivity contribution < 1.29 is 4.79 Å². The third-order valence-electron chi connectivity index (χ3n) is 1.19. The van der Waals surface area contributed by atoms with Crippen molar-refractivity contribution in [3.8, 4) is 0 Å². The number of hydrogen-bond donors (Lipinski definition) is 0. The lowest BCUT2D eigenvalue weighted by Gasteiger charge is -1.96. The minimum Gasteiger partial charge on any atom is -0.291 e. The Balaban J connectivity index is 2.98. The molecule has 0 aliphatic heterocycles. The lowest BCUT2D eigenvalue weighted by atomic mass is 10.1. The molecule has 0 spiro atoms. The van der Waals surface area contributed by atoms with Crippen LogP contribution in [0.3, 0.4) is 0 Å². The molecule has 0 fully saturated rings. The summed E-state index contributed by atoms with van der Waals surface area (Å²) >= 11 is 0. The first-order valence-electron chi connectivity index (χ1n) is 3.19. The molecule has 0 bridgehead atoms. The number of unbranched alkanes of at least 4 members (excludes halogenated alkanes) is 1. The Bertz CT molecular complexity index is 59.4. The van der Waals surface area contributed by atoms with Crippen LogP contribution in [0.1, 0.15) is 33.1 Å². The summed E-state index contributed by atoms with van der Waals surface area (Å²) in [6.07, 6.45) is 5.27. The van der Waals surface area contributed by atoms with Gasteiger partial charge in [0.1, 0.15) is 0 Å². The first-order chi connectivity index (χ1) is 3.81. The van der Waals surface area contributed by atoms with E-state index in [-0.39, 0.29) is 5.92 Å². The molecule has 47 valence electrons. The Hall–Kier alpha value is -0.330. The highest BCUT2D eigenvalue weighted by molar-refractivity contribution is 5.53. The van der Waals surface area contributed by atoms with E-state index in [1.165, 1.54) is 6.42 Å². The molecule has 0 aromatic heterocycles. The number of carbonyl (C=O) groups excluding carboxylic acids is 1. The summed E-state index contributed by atoms with van der Waals surface area (Å²) in [5.41, 5.74) is 0. The van der Waals surface area contributed by atoms with Gasteiger partial charge in [0.2, 0.25) is 6.29 Å². The summed E-state index contributed by atoms with van der Waals surface area (Å²) in [6, 6.07) is 0. The summed E-state index contributed by atoms with van der Waals surface area (Å²) in [7, 11) is 0. The van der Waals surface area contributed by atoms with Gasteiger partial charge in [0.05, 0.1) is 0 Å². The van der Waals surface area contributed by atoms with Gasteiger partial charge >= 0.3 is 0 Å². The zero-order valence-corrected chi connectivity index (χ0v) is 5.61. The summed E-state index contributed by atoms with van der Waals surface area (Å²) < 4.78 is 0. The van der Waals surface area contributed by atoms with E-state index >= 15 is 0 Å². The molecule has 0 saturated heterocycles. The molecular weight excluding hydrogens is 100 g/mol. The van der Waals surface area contributed by atoms with Gasteiger partial charge in [-0.25, -0.2) is 0 Å². The first-order valence-corrected chi connectivity index (χ1v) is 3.19. The first kappa shape index (κ1) is 7.67. The average Bonchev–Trinajstić information content (AvgIpc) is 1.83. The van der Waals surface area contributed by atoms with Crippen molar-refractivity contribution >= 4 is 6.29 Å². The third-order valence-corrected chi connectivity index (χ3v) is 1.19. The molecule has 0 rings (SSSR count). The van der Waals surface area contributed by atoms with E-state index in [1.807, 2.05) is 13.2 Å². The third kappa shape index (κ3) is 3.85. The molecule has 0 amide bonds. The van der Waals surface area contributed by atoms with Crippen LogP contribution in [0, 0.1) is 5.92 Å². The van der Waals surface area contributed by atoms with E-state index in [4.69, 9.17) is 0 Å². The normalized spacial score (nSPS) is 13.2. The molecule has 1 heteroatoms. The Kier molecular flexibility index (Phi) is 4.62. The van der Waals surface area contributed by atoms with Gasteiger partial charge in [-0.1, -0.05) is 26.7 Å². The number of rotatable bonds is 4. The van der Waals surface area contributed by atoms with Gasteiger partial charge in [-0.15, -0.1) is 0 Å². The second kappa shape index (κ2) is 4.82. The summed E-state index contributed by atoms with van der Waals surface area (Å²) in [5, 5.41) is 0. The van der Waals surface area contributed by atoms with Gasteiger partial charge < -0.3 is 0 Å². The summed E-state index contributed by atoms with van der Waals surface area (Å²) in [5.74, 6) is 0.148. The Labute approximate surface area is 51.1 Å². The zero-order valence-electron chi connectivity index (χ0n) is 5.61. The summed E-state index contributed by atoms with van der Waals surface area (Å²) in [6.45, 7) is 4.03. The predicted octanol–water partition coefficient (Wildman–Crippen LogP) is 1.92. The Morgan fingerprint density at radius 1 is 1.62 bits per heavy atom. The van der Waals surface area contributed by atoms with Gasteiger partial charge in [0, 0.05) is 5.92 Å². The fourth-order valence-corrected chi connectivity index (χ4v) is 0.569. The highest BCUT2D eigenvalue weighted by atomic mass is 16.1. The molecule has 0 aliphatic carbocycles. The minimum atomic E-state index is 0.148. The van der Waals surface area contributed by atoms with Crippen LogP contribution in [0.5, 0.6) is 0 Å². The molecule has 1 nitrogen and oxygen atoms in total. The maximum absolute atomic E-state index is 9.89. The van der Waals surface area contributed by atoms with Crippen LogP contribution in [0.25, 0.3) is 0 Å². The lowest BCUT2D eigenvalue weighted by Crippen LogP contribution is -1.93. The van der Waals surface area contributed by atoms with Gasteiger partial charge in [0.15, 0.2) is 0 Å². The van der Waals surface area contributed by atoms with E-state index in [9.17, 15) is 4.79 Å². The molecular formula is C7H13O.